The minimum atomic E-state index is -0.717. The molecule has 7 heteroatoms. The highest BCUT2D eigenvalue weighted by Gasteiger charge is 2.27. The molecule has 0 radical (unpaired) electrons. The van der Waals surface area contributed by atoms with Crippen molar-refractivity contribution in [1.82, 2.24) is 19.1 Å². The summed E-state index contributed by atoms with van der Waals surface area (Å²) in [5, 5.41) is 3.87. The van der Waals surface area contributed by atoms with Crippen LogP contribution in [0.15, 0.2) is 213 Å². The minimum Gasteiger partial charge on any atom is -0.319 e. The average Bonchev–Trinajstić information content (AvgIpc) is 3.88. The van der Waals surface area contributed by atoms with Gasteiger partial charge in [-0.25, -0.2) is 13.6 Å². The Bertz CT molecular complexity index is 3900. The van der Waals surface area contributed by atoms with Gasteiger partial charge in [0.15, 0.2) is 0 Å². The second kappa shape index (κ2) is 15.7. The Morgan fingerprint density at radius 3 is 1.41 bits per heavy atom. The zero-order valence-corrected chi connectivity index (χ0v) is 35.2. The van der Waals surface area contributed by atoms with Crippen LogP contribution >= 0.6 is 0 Å². The van der Waals surface area contributed by atoms with Crippen molar-refractivity contribution < 1.29 is 8.78 Å². The molecule has 0 unspecified atom stereocenters. The Hall–Kier alpha value is -8.99. The van der Waals surface area contributed by atoms with Gasteiger partial charge in [0.05, 0.1) is 57.0 Å². The van der Waals surface area contributed by atoms with Crippen LogP contribution in [0.3, 0.4) is 0 Å². The van der Waals surface area contributed by atoms with Gasteiger partial charge in [-0.15, -0.1) is 0 Å². The first-order valence-corrected chi connectivity index (χ1v) is 21.6. The van der Waals surface area contributed by atoms with Crippen LogP contribution in [-0.4, -0.2) is 19.1 Å². The van der Waals surface area contributed by atoms with E-state index in [1.807, 2.05) is 120 Å². The molecule has 0 aliphatic rings. The van der Waals surface area contributed by atoms with E-state index in [2.05, 4.69) is 92.2 Å². The van der Waals surface area contributed by atoms with Crippen molar-refractivity contribution in [2.24, 2.45) is 0 Å². The van der Waals surface area contributed by atoms with E-state index in [0.29, 0.717) is 11.4 Å². The highest BCUT2D eigenvalue weighted by atomic mass is 19.1. The SMILES string of the molecule is [C-]#[N+]c1c(-n2c3ccccc3c3cc(-c4ccnc(-c5ccccc5)c4)ccc32)ccc(-c2c(F)cccc2F)c1-n1c2ccccc2c2cc(-c3ccnc(-c4ccccc4)c3)ccc21. The molecule has 12 rings (SSSR count). The first kappa shape index (κ1) is 38.7. The Morgan fingerprint density at radius 1 is 0.394 bits per heavy atom. The summed E-state index contributed by atoms with van der Waals surface area (Å²) >= 11 is 0. The fourth-order valence-corrected chi connectivity index (χ4v) is 9.60. The number of hydrogen-bond donors (Lipinski definition) is 0. The van der Waals surface area contributed by atoms with E-state index < -0.39 is 11.6 Å². The van der Waals surface area contributed by atoms with Crippen molar-refractivity contribution in [3.8, 4) is 67.3 Å². The topological polar surface area (TPSA) is 40.0 Å². The largest absolute Gasteiger partial charge is 0.319 e. The fourth-order valence-electron chi connectivity index (χ4n) is 9.60. The standard InChI is InChI=1S/C59H35F2N5/c1-62-58-56(65-52-21-10-8-17-43(52)46-33-39(23-26-54(46)65)41-29-31-63-50(35-41)37-13-4-2-5-14-37)28-25-45(57-48(60)19-12-20-49(57)61)59(58)66-53-22-11-9-18-44(53)47-34-40(24-27-55(47)66)42-30-32-64-51(36-42)38-15-6-3-7-16-38/h2-36H. The Morgan fingerprint density at radius 2 is 0.864 bits per heavy atom. The molecule has 0 spiro atoms. The summed E-state index contributed by atoms with van der Waals surface area (Å²) in [5.74, 6) is -1.43. The maximum Gasteiger partial charge on any atom is 0.234 e. The molecule has 66 heavy (non-hydrogen) atoms. The zero-order chi connectivity index (χ0) is 44.3. The lowest BCUT2D eigenvalue weighted by molar-refractivity contribution is 0.589. The van der Waals surface area contributed by atoms with Crippen molar-refractivity contribution in [3.63, 3.8) is 0 Å². The molecule has 5 nitrogen and oxygen atoms in total. The molecule has 0 amide bonds. The van der Waals surface area contributed by atoms with Crippen LogP contribution in [0.1, 0.15) is 0 Å². The van der Waals surface area contributed by atoms with Gasteiger partial charge in [0.2, 0.25) is 5.69 Å². The number of pyridine rings is 2. The van der Waals surface area contributed by atoms with Gasteiger partial charge in [-0.3, -0.25) is 9.97 Å². The lowest BCUT2D eigenvalue weighted by Crippen LogP contribution is -2.04. The summed E-state index contributed by atoms with van der Waals surface area (Å²) < 4.78 is 36.4. The van der Waals surface area contributed by atoms with Crippen molar-refractivity contribution in [2.75, 3.05) is 0 Å². The van der Waals surface area contributed by atoms with Crippen LogP contribution in [0.2, 0.25) is 0 Å². The maximum absolute atomic E-state index is 16.2. The van der Waals surface area contributed by atoms with Gasteiger partial charge in [-0.1, -0.05) is 121 Å². The predicted octanol–water partition coefficient (Wildman–Crippen LogP) is 15.8. The number of para-hydroxylation sites is 2. The molecule has 310 valence electrons. The van der Waals surface area contributed by atoms with Crippen LogP contribution in [0, 0.1) is 18.2 Å². The smallest absolute Gasteiger partial charge is 0.234 e. The van der Waals surface area contributed by atoms with E-state index in [1.54, 1.807) is 6.07 Å². The average molecular weight is 852 g/mol. The summed E-state index contributed by atoms with van der Waals surface area (Å²) in [5.41, 5.74) is 12.5. The number of hydrogen-bond acceptors (Lipinski definition) is 2. The van der Waals surface area contributed by atoms with Gasteiger partial charge in [0.25, 0.3) is 0 Å². The van der Waals surface area contributed by atoms with Crippen molar-refractivity contribution >= 4 is 49.3 Å². The van der Waals surface area contributed by atoms with Crippen molar-refractivity contribution in [2.45, 2.75) is 0 Å². The molecule has 4 aromatic heterocycles. The fraction of sp³-hybridized carbons (Fsp3) is 0. The first-order chi connectivity index (χ1) is 32.5. The van der Waals surface area contributed by atoms with E-state index in [9.17, 15) is 0 Å². The minimum absolute atomic E-state index is 0.198. The third-order valence-corrected chi connectivity index (χ3v) is 12.6. The van der Waals surface area contributed by atoms with Gasteiger partial charge in [-0.2, -0.15) is 0 Å². The number of halogens is 2. The van der Waals surface area contributed by atoms with Gasteiger partial charge in [0, 0.05) is 50.6 Å². The molecule has 0 bridgehead atoms. The summed E-state index contributed by atoms with van der Waals surface area (Å²) in [6.07, 6.45) is 3.66. The number of benzene rings is 8. The number of fused-ring (bicyclic) bond motifs is 6. The van der Waals surface area contributed by atoms with Gasteiger partial charge in [-0.05, 0) is 101 Å². The molecule has 0 saturated heterocycles. The quantitative estimate of drug-likeness (QED) is 0.150. The van der Waals surface area contributed by atoms with Crippen molar-refractivity contribution in [1.29, 1.82) is 0 Å². The van der Waals surface area contributed by atoms with E-state index >= 15 is 8.78 Å². The lowest BCUT2D eigenvalue weighted by Gasteiger charge is -2.20. The van der Waals surface area contributed by atoms with Crippen LogP contribution in [0.4, 0.5) is 14.5 Å². The summed E-state index contributed by atoms with van der Waals surface area (Å²) in [6, 6.07) is 64.7. The van der Waals surface area contributed by atoms with Crippen LogP contribution in [0.25, 0.3) is 116 Å². The first-order valence-electron chi connectivity index (χ1n) is 21.6. The Kier molecular flexibility index (Phi) is 9.18. The molecular weight excluding hydrogens is 817 g/mol. The summed E-state index contributed by atoms with van der Waals surface area (Å²) in [6.45, 7) is 9.00. The van der Waals surface area contributed by atoms with E-state index in [1.165, 1.54) is 18.2 Å². The highest BCUT2D eigenvalue weighted by molar-refractivity contribution is 6.14. The second-order valence-electron chi connectivity index (χ2n) is 16.3. The predicted molar refractivity (Wildman–Crippen MR) is 264 cm³/mol. The van der Waals surface area contributed by atoms with E-state index in [0.717, 1.165) is 88.4 Å². The molecule has 8 aromatic carbocycles. The van der Waals surface area contributed by atoms with Gasteiger partial charge < -0.3 is 9.13 Å². The van der Waals surface area contributed by atoms with Crippen molar-refractivity contribution in [3.05, 3.63) is 236 Å². The summed E-state index contributed by atoms with van der Waals surface area (Å²) in [4.78, 5) is 13.6. The number of aromatic nitrogens is 4. The molecule has 4 heterocycles. The molecule has 0 saturated carbocycles. The molecule has 0 aliphatic heterocycles. The molecule has 0 atom stereocenters. The molecule has 12 aromatic rings. The maximum atomic E-state index is 16.2. The van der Waals surface area contributed by atoms with E-state index in [4.69, 9.17) is 6.57 Å². The van der Waals surface area contributed by atoms with Crippen LogP contribution < -0.4 is 0 Å². The lowest BCUT2D eigenvalue weighted by atomic mass is 9.99. The Balaban J connectivity index is 1.10. The third kappa shape index (κ3) is 6.27. The highest BCUT2D eigenvalue weighted by Crippen LogP contribution is 2.47. The molecule has 0 N–H and O–H groups in total. The second-order valence-corrected chi connectivity index (χ2v) is 16.3. The Labute approximate surface area is 378 Å². The normalized spacial score (nSPS) is 11.5. The van der Waals surface area contributed by atoms with Gasteiger partial charge >= 0.3 is 0 Å². The molecule has 0 aliphatic carbocycles. The van der Waals surface area contributed by atoms with E-state index in [-0.39, 0.29) is 16.8 Å². The zero-order valence-electron chi connectivity index (χ0n) is 35.2. The van der Waals surface area contributed by atoms with Gasteiger partial charge in [0.1, 0.15) is 11.6 Å². The van der Waals surface area contributed by atoms with Crippen LogP contribution in [0.5, 0.6) is 0 Å². The third-order valence-electron chi connectivity index (χ3n) is 12.6. The summed E-state index contributed by atoms with van der Waals surface area (Å²) in [7, 11) is 0. The monoisotopic (exact) mass is 851 g/mol. The molecular formula is C59H35F2N5. The molecule has 0 fully saturated rings. The van der Waals surface area contributed by atoms with Crippen LogP contribution in [-0.2, 0) is 0 Å². The number of nitrogens with zero attached hydrogens (tertiary/aromatic N) is 5. The number of rotatable bonds is 7.